The first kappa shape index (κ1) is 20.3. The number of aryl methyl sites for hydroxylation is 2. The lowest BCUT2D eigenvalue weighted by Crippen LogP contribution is -2.31. The summed E-state index contributed by atoms with van der Waals surface area (Å²) in [6.07, 6.45) is 8.65. The molecule has 2 aromatic heterocycles. The maximum atomic E-state index is 12.4. The minimum absolute atomic E-state index is 0.260. The Labute approximate surface area is 174 Å². The number of aromatic nitrogens is 4. The second kappa shape index (κ2) is 8.81. The van der Waals surface area contributed by atoms with Crippen molar-refractivity contribution in [3.05, 3.63) is 62.6 Å². The van der Waals surface area contributed by atoms with E-state index >= 15 is 0 Å². The molecule has 1 aliphatic rings. The summed E-state index contributed by atoms with van der Waals surface area (Å²) < 4.78 is 3.22. The van der Waals surface area contributed by atoms with Gasteiger partial charge in [0.1, 0.15) is 5.78 Å². The van der Waals surface area contributed by atoms with Crippen molar-refractivity contribution in [2.24, 2.45) is 5.92 Å². The molecule has 1 aromatic carbocycles. The first-order valence-electron chi connectivity index (χ1n) is 10.8. The van der Waals surface area contributed by atoms with Gasteiger partial charge in [-0.05, 0) is 37.3 Å². The Morgan fingerprint density at radius 1 is 1.10 bits per heavy atom. The van der Waals surface area contributed by atoms with Gasteiger partial charge in [0, 0.05) is 18.9 Å². The Morgan fingerprint density at radius 2 is 1.80 bits per heavy atom. The van der Waals surface area contributed by atoms with Crippen molar-refractivity contribution in [1.82, 2.24) is 19.1 Å². The summed E-state index contributed by atoms with van der Waals surface area (Å²) in [5.74, 6) is 0.656. The third-order valence-corrected chi connectivity index (χ3v) is 6.18. The number of Topliss-reactive ketones (excluding diaryl/α,β-unsaturated/α-hetero) is 1. The molecule has 0 bridgehead atoms. The molecule has 0 aliphatic heterocycles. The Kier molecular flexibility index (Phi) is 5.97. The molecule has 30 heavy (non-hydrogen) atoms. The van der Waals surface area contributed by atoms with Crippen molar-refractivity contribution in [3.8, 4) is 0 Å². The largest absolute Gasteiger partial charge is 0.330 e. The molecule has 4 rings (SSSR count). The van der Waals surface area contributed by atoms with Crippen molar-refractivity contribution in [2.45, 2.75) is 65.0 Å². The number of rotatable bonds is 7. The van der Waals surface area contributed by atoms with Gasteiger partial charge in [-0.2, -0.15) is 0 Å². The normalized spacial score (nSPS) is 15.0. The standard InChI is InChI=1S/C23H28N4O3/c1-2-26-15-24-21-20(26)22(29)25-23(30)27(21)14-17-10-8-16(9-11-17)12-13-19(28)18-6-4-3-5-7-18/h8-11,15,18H,2-7,12-14H2,1H3,(H,25,29,30). The number of nitrogens with zero attached hydrogens (tertiary/aromatic N) is 3. The summed E-state index contributed by atoms with van der Waals surface area (Å²) >= 11 is 0. The summed E-state index contributed by atoms with van der Waals surface area (Å²) in [7, 11) is 0. The number of fused-ring (bicyclic) bond motifs is 1. The molecule has 1 N–H and O–H groups in total. The summed E-state index contributed by atoms with van der Waals surface area (Å²) in [5, 5.41) is 0. The van der Waals surface area contributed by atoms with Crippen LogP contribution in [0.2, 0.25) is 0 Å². The van der Waals surface area contributed by atoms with Gasteiger partial charge in [0.25, 0.3) is 5.56 Å². The molecule has 0 atom stereocenters. The number of aromatic amines is 1. The SMILES string of the molecule is CCn1cnc2c1c(=O)[nH]c(=O)n2Cc1ccc(CCC(=O)C2CCCCC2)cc1. The average molecular weight is 409 g/mol. The number of nitrogens with one attached hydrogen (secondary N) is 1. The van der Waals surface area contributed by atoms with E-state index in [0.29, 0.717) is 36.5 Å². The van der Waals surface area contributed by atoms with E-state index in [1.54, 1.807) is 10.9 Å². The van der Waals surface area contributed by atoms with Gasteiger partial charge >= 0.3 is 5.69 Å². The Balaban J connectivity index is 1.46. The summed E-state index contributed by atoms with van der Waals surface area (Å²) in [6, 6.07) is 7.98. The van der Waals surface area contributed by atoms with Crippen LogP contribution in [0.1, 0.15) is 56.6 Å². The Morgan fingerprint density at radius 3 is 2.50 bits per heavy atom. The van der Waals surface area contributed by atoms with Crippen LogP contribution in [-0.4, -0.2) is 24.9 Å². The van der Waals surface area contributed by atoms with Crippen molar-refractivity contribution in [1.29, 1.82) is 0 Å². The fourth-order valence-corrected chi connectivity index (χ4v) is 4.40. The molecule has 2 heterocycles. The molecule has 158 valence electrons. The number of benzene rings is 1. The molecule has 1 fully saturated rings. The fourth-order valence-electron chi connectivity index (χ4n) is 4.40. The van der Waals surface area contributed by atoms with E-state index in [9.17, 15) is 14.4 Å². The van der Waals surface area contributed by atoms with Crippen LogP contribution in [0.3, 0.4) is 0 Å². The molecular weight excluding hydrogens is 380 g/mol. The van der Waals surface area contributed by atoms with Crippen LogP contribution in [0.15, 0.2) is 40.2 Å². The van der Waals surface area contributed by atoms with Crippen LogP contribution in [0, 0.1) is 5.92 Å². The molecular formula is C23H28N4O3. The lowest BCUT2D eigenvalue weighted by atomic mass is 9.84. The summed E-state index contributed by atoms with van der Waals surface area (Å²) in [5.41, 5.74) is 2.00. The average Bonchev–Trinajstić information content (AvgIpc) is 3.21. The van der Waals surface area contributed by atoms with E-state index in [2.05, 4.69) is 9.97 Å². The third kappa shape index (κ3) is 4.15. The molecule has 1 aliphatic carbocycles. The highest BCUT2D eigenvalue weighted by molar-refractivity contribution is 5.81. The number of H-pyrrole nitrogens is 1. The van der Waals surface area contributed by atoms with Crippen molar-refractivity contribution < 1.29 is 4.79 Å². The van der Waals surface area contributed by atoms with Crippen molar-refractivity contribution in [2.75, 3.05) is 0 Å². The Bertz CT molecular complexity index is 1150. The Hall–Kier alpha value is -2.96. The number of imidazole rings is 1. The number of carbonyl (C=O) groups excluding carboxylic acids is 1. The van der Waals surface area contributed by atoms with E-state index in [-0.39, 0.29) is 5.92 Å². The van der Waals surface area contributed by atoms with Gasteiger partial charge in [0.2, 0.25) is 0 Å². The maximum Gasteiger partial charge on any atom is 0.330 e. The molecule has 7 nitrogen and oxygen atoms in total. The van der Waals surface area contributed by atoms with Gasteiger partial charge < -0.3 is 4.57 Å². The van der Waals surface area contributed by atoms with Gasteiger partial charge in [-0.15, -0.1) is 0 Å². The van der Waals surface area contributed by atoms with Gasteiger partial charge in [0.05, 0.1) is 12.9 Å². The fraction of sp³-hybridized carbons (Fsp3) is 0.478. The van der Waals surface area contributed by atoms with Gasteiger partial charge in [0.15, 0.2) is 11.2 Å². The number of hydrogen-bond acceptors (Lipinski definition) is 4. The van der Waals surface area contributed by atoms with Crippen LogP contribution in [-0.2, 0) is 24.3 Å². The first-order chi connectivity index (χ1) is 14.6. The van der Waals surface area contributed by atoms with Gasteiger partial charge in [-0.3, -0.25) is 19.1 Å². The van der Waals surface area contributed by atoms with Crippen LogP contribution in [0.5, 0.6) is 0 Å². The van der Waals surface area contributed by atoms with Crippen LogP contribution < -0.4 is 11.2 Å². The maximum absolute atomic E-state index is 12.4. The molecule has 0 unspecified atom stereocenters. The summed E-state index contributed by atoms with van der Waals surface area (Å²) in [6.45, 7) is 2.86. The minimum Gasteiger partial charge on any atom is -0.325 e. The zero-order valence-corrected chi connectivity index (χ0v) is 17.4. The second-order valence-electron chi connectivity index (χ2n) is 8.17. The predicted molar refractivity (Wildman–Crippen MR) is 116 cm³/mol. The molecule has 7 heteroatoms. The number of hydrogen-bond donors (Lipinski definition) is 1. The highest BCUT2D eigenvalue weighted by Gasteiger charge is 2.20. The number of ketones is 1. The van der Waals surface area contributed by atoms with E-state index in [0.717, 1.165) is 30.4 Å². The van der Waals surface area contributed by atoms with E-state index in [1.807, 2.05) is 31.2 Å². The van der Waals surface area contributed by atoms with Crippen LogP contribution >= 0.6 is 0 Å². The lowest BCUT2D eigenvalue weighted by Gasteiger charge is -2.20. The molecule has 0 saturated heterocycles. The lowest BCUT2D eigenvalue weighted by molar-refractivity contribution is -0.123. The molecule has 0 radical (unpaired) electrons. The monoisotopic (exact) mass is 408 g/mol. The van der Waals surface area contributed by atoms with Gasteiger partial charge in [-0.25, -0.2) is 9.78 Å². The second-order valence-corrected chi connectivity index (χ2v) is 8.17. The zero-order valence-electron chi connectivity index (χ0n) is 17.4. The molecule has 0 spiro atoms. The topological polar surface area (TPSA) is 89.8 Å². The predicted octanol–water partition coefficient (Wildman–Crippen LogP) is 3.04. The highest BCUT2D eigenvalue weighted by Crippen LogP contribution is 2.25. The van der Waals surface area contributed by atoms with Crippen molar-refractivity contribution >= 4 is 16.9 Å². The van der Waals surface area contributed by atoms with Crippen LogP contribution in [0.4, 0.5) is 0 Å². The first-order valence-corrected chi connectivity index (χ1v) is 10.8. The number of carbonyl (C=O) groups is 1. The van der Waals surface area contributed by atoms with E-state index in [1.165, 1.54) is 23.8 Å². The van der Waals surface area contributed by atoms with Crippen molar-refractivity contribution in [3.63, 3.8) is 0 Å². The van der Waals surface area contributed by atoms with E-state index < -0.39 is 11.2 Å². The molecule has 0 amide bonds. The minimum atomic E-state index is -0.462. The van der Waals surface area contributed by atoms with E-state index in [4.69, 9.17) is 0 Å². The zero-order chi connectivity index (χ0) is 21.1. The molecule has 1 saturated carbocycles. The van der Waals surface area contributed by atoms with Gasteiger partial charge in [-0.1, -0.05) is 43.5 Å². The molecule has 3 aromatic rings. The van der Waals surface area contributed by atoms with Crippen LogP contribution in [0.25, 0.3) is 11.2 Å². The quantitative estimate of drug-likeness (QED) is 0.651. The summed E-state index contributed by atoms with van der Waals surface area (Å²) in [4.78, 5) is 43.6. The highest BCUT2D eigenvalue weighted by atomic mass is 16.2. The smallest absolute Gasteiger partial charge is 0.325 e. The third-order valence-electron chi connectivity index (χ3n) is 6.18.